The maximum absolute atomic E-state index is 12.5. The van der Waals surface area contributed by atoms with Crippen LogP contribution >= 0.6 is 23.2 Å². The van der Waals surface area contributed by atoms with Crippen LogP contribution in [-0.4, -0.2) is 51.9 Å². The summed E-state index contributed by atoms with van der Waals surface area (Å²) >= 11 is 12.5. The molecule has 0 radical (unpaired) electrons. The van der Waals surface area contributed by atoms with E-state index >= 15 is 0 Å². The topological polar surface area (TPSA) is 49.3 Å². The summed E-state index contributed by atoms with van der Waals surface area (Å²) in [6, 6.07) is 5.77. The number of hydrogen-bond acceptors (Lipinski definition) is 4. The van der Waals surface area contributed by atoms with E-state index in [0.29, 0.717) is 16.5 Å². The number of rotatable bonds is 7. The lowest BCUT2D eigenvalue weighted by Crippen LogP contribution is -2.32. The summed E-state index contributed by atoms with van der Waals surface area (Å²) in [5, 5.41) is 1.22. The van der Waals surface area contributed by atoms with Crippen LogP contribution in [0, 0.1) is 13.8 Å². The lowest BCUT2D eigenvalue weighted by Gasteiger charge is -2.20. The van der Waals surface area contributed by atoms with Crippen LogP contribution in [0.15, 0.2) is 18.2 Å². The highest BCUT2D eigenvalue weighted by Crippen LogP contribution is 2.31. The number of benzene rings is 1. The third kappa shape index (κ3) is 5.13. The second-order valence-corrected chi connectivity index (χ2v) is 8.69. The van der Waals surface area contributed by atoms with Crippen molar-refractivity contribution >= 4 is 29.1 Å². The molecule has 0 bridgehead atoms. The first kappa shape index (κ1) is 23.0. The van der Waals surface area contributed by atoms with Gasteiger partial charge in [-0.25, -0.2) is 9.97 Å². The molecule has 1 amide bonds. The Kier molecular flexibility index (Phi) is 7.72. The number of hydrogen-bond donors (Lipinski definition) is 0. The van der Waals surface area contributed by atoms with Crippen LogP contribution in [0.1, 0.15) is 54.5 Å². The molecule has 2 aromatic rings. The Bertz CT molecular complexity index is 891. The van der Waals surface area contributed by atoms with Gasteiger partial charge >= 0.3 is 0 Å². The molecule has 1 fully saturated rings. The molecule has 1 aliphatic heterocycles. The van der Waals surface area contributed by atoms with Gasteiger partial charge in [0.05, 0.1) is 16.5 Å². The van der Waals surface area contributed by atoms with E-state index in [9.17, 15) is 4.79 Å². The van der Waals surface area contributed by atoms with Crippen molar-refractivity contribution in [2.75, 3.05) is 26.2 Å². The minimum Gasteiger partial charge on any atom is -0.343 e. The zero-order chi connectivity index (χ0) is 21.8. The Hall–Kier alpha value is -1.69. The predicted molar refractivity (Wildman–Crippen MR) is 122 cm³/mol. The second-order valence-electron chi connectivity index (χ2n) is 7.91. The third-order valence-electron chi connectivity index (χ3n) is 5.95. The zero-order valence-corrected chi connectivity index (χ0v) is 19.7. The summed E-state index contributed by atoms with van der Waals surface area (Å²) in [4.78, 5) is 26.3. The Morgan fingerprint density at radius 3 is 2.47 bits per heavy atom. The maximum atomic E-state index is 12.5. The van der Waals surface area contributed by atoms with E-state index in [0.717, 1.165) is 67.5 Å². The van der Waals surface area contributed by atoms with Crippen molar-refractivity contribution in [3.8, 4) is 0 Å². The molecule has 3 rings (SSSR count). The fourth-order valence-corrected chi connectivity index (χ4v) is 4.52. The number of aromatic nitrogens is 2. The molecule has 1 atom stereocenters. The van der Waals surface area contributed by atoms with Gasteiger partial charge in [-0.1, -0.05) is 35.3 Å². The first-order valence-electron chi connectivity index (χ1n) is 10.6. The molecule has 7 heteroatoms. The average molecular weight is 449 g/mol. The molecule has 162 valence electrons. The minimum absolute atomic E-state index is 0.132. The Morgan fingerprint density at radius 2 is 1.83 bits per heavy atom. The Morgan fingerprint density at radius 1 is 1.17 bits per heavy atom. The summed E-state index contributed by atoms with van der Waals surface area (Å²) in [5.74, 6) is 1.30. The first-order valence-corrected chi connectivity index (χ1v) is 11.4. The quantitative estimate of drug-likeness (QED) is 0.609. The van der Waals surface area contributed by atoms with E-state index in [1.165, 1.54) is 0 Å². The molecule has 1 saturated heterocycles. The van der Waals surface area contributed by atoms with E-state index in [4.69, 9.17) is 33.2 Å². The van der Waals surface area contributed by atoms with Crippen molar-refractivity contribution in [1.29, 1.82) is 0 Å². The van der Waals surface area contributed by atoms with Crippen LogP contribution in [0.3, 0.4) is 0 Å². The van der Waals surface area contributed by atoms with Gasteiger partial charge < -0.3 is 4.90 Å². The monoisotopic (exact) mass is 448 g/mol. The molecule has 1 aromatic carbocycles. The van der Waals surface area contributed by atoms with Crippen LogP contribution in [0.25, 0.3) is 0 Å². The van der Waals surface area contributed by atoms with Crippen molar-refractivity contribution in [3.63, 3.8) is 0 Å². The lowest BCUT2D eigenvalue weighted by molar-refractivity contribution is -0.130. The SMILES string of the molecule is CCN(CC)C(=O)Cc1c(C)nc([C@@H]2CCN(Cc3cccc(Cl)c3Cl)C2)nc1C. The summed E-state index contributed by atoms with van der Waals surface area (Å²) in [6.07, 6.45) is 1.37. The molecule has 1 aliphatic rings. The van der Waals surface area contributed by atoms with Gasteiger partial charge in [0.1, 0.15) is 5.82 Å². The molecular formula is C23H30Cl2N4O. The molecule has 0 unspecified atom stereocenters. The molecule has 0 N–H and O–H groups in total. The number of amides is 1. The van der Waals surface area contributed by atoms with Gasteiger partial charge in [-0.3, -0.25) is 9.69 Å². The Labute approximate surface area is 189 Å². The minimum atomic E-state index is 0.132. The number of carbonyl (C=O) groups is 1. The number of nitrogens with zero attached hydrogens (tertiary/aromatic N) is 4. The lowest BCUT2D eigenvalue weighted by atomic mass is 10.0. The molecule has 0 aliphatic carbocycles. The van der Waals surface area contributed by atoms with Crippen LogP contribution in [-0.2, 0) is 17.8 Å². The molecule has 2 heterocycles. The van der Waals surface area contributed by atoms with Crippen molar-refractivity contribution in [3.05, 3.63) is 56.6 Å². The molecular weight excluding hydrogens is 419 g/mol. The molecule has 30 heavy (non-hydrogen) atoms. The van der Waals surface area contributed by atoms with Crippen molar-refractivity contribution < 1.29 is 4.79 Å². The highest BCUT2D eigenvalue weighted by atomic mass is 35.5. The largest absolute Gasteiger partial charge is 0.343 e. The molecule has 0 saturated carbocycles. The predicted octanol–water partition coefficient (Wildman–Crippen LogP) is 4.80. The standard InChI is InChI=1S/C23H30Cl2N4O/c1-5-29(6-2)21(30)12-19-15(3)26-23(27-16(19)4)18-10-11-28(14-18)13-17-8-7-9-20(24)22(17)25/h7-9,18H,5-6,10-14H2,1-4H3/t18-/m1/s1. The average Bonchev–Trinajstić information content (AvgIpc) is 3.18. The van der Waals surface area contributed by atoms with Gasteiger partial charge in [-0.15, -0.1) is 0 Å². The van der Waals surface area contributed by atoms with E-state index in [2.05, 4.69) is 4.90 Å². The van der Waals surface area contributed by atoms with Gasteiger partial charge in [-0.05, 0) is 52.3 Å². The number of likely N-dealkylation sites (tertiary alicyclic amines) is 1. The number of aryl methyl sites for hydroxylation is 2. The number of halogens is 2. The van der Waals surface area contributed by atoms with Crippen LogP contribution in [0.5, 0.6) is 0 Å². The highest BCUT2D eigenvalue weighted by molar-refractivity contribution is 6.42. The molecule has 1 aromatic heterocycles. The van der Waals surface area contributed by atoms with Crippen molar-refractivity contribution in [1.82, 2.24) is 19.8 Å². The number of carbonyl (C=O) groups excluding carboxylic acids is 1. The summed E-state index contributed by atoms with van der Waals surface area (Å²) in [6.45, 7) is 12.1. The van der Waals surface area contributed by atoms with E-state index < -0.39 is 0 Å². The third-order valence-corrected chi connectivity index (χ3v) is 6.80. The number of likely N-dealkylation sites (N-methyl/N-ethyl adjacent to an activating group) is 1. The van der Waals surface area contributed by atoms with E-state index in [1.807, 2.05) is 50.8 Å². The smallest absolute Gasteiger partial charge is 0.227 e. The van der Waals surface area contributed by atoms with Gasteiger partial charge in [-0.2, -0.15) is 0 Å². The van der Waals surface area contributed by atoms with Crippen molar-refractivity contribution in [2.45, 2.75) is 53.0 Å². The van der Waals surface area contributed by atoms with E-state index in [-0.39, 0.29) is 11.8 Å². The van der Waals surface area contributed by atoms with Crippen LogP contribution in [0.4, 0.5) is 0 Å². The van der Waals surface area contributed by atoms with E-state index in [1.54, 1.807) is 0 Å². The molecule has 0 spiro atoms. The Balaban J connectivity index is 1.70. The fourth-order valence-electron chi connectivity index (χ4n) is 4.14. The normalized spacial score (nSPS) is 16.8. The van der Waals surface area contributed by atoms with Gasteiger partial charge in [0.2, 0.25) is 5.91 Å². The fraction of sp³-hybridized carbons (Fsp3) is 0.522. The van der Waals surface area contributed by atoms with Crippen LogP contribution < -0.4 is 0 Å². The first-order chi connectivity index (χ1) is 14.3. The van der Waals surface area contributed by atoms with Gasteiger partial charge in [0.15, 0.2) is 0 Å². The van der Waals surface area contributed by atoms with Gasteiger partial charge in [0, 0.05) is 49.0 Å². The second kappa shape index (κ2) is 10.1. The van der Waals surface area contributed by atoms with Gasteiger partial charge in [0.25, 0.3) is 0 Å². The summed E-state index contributed by atoms with van der Waals surface area (Å²) in [7, 11) is 0. The van der Waals surface area contributed by atoms with Crippen LogP contribution in [0.2, 0.25) is 10.0 Å². The van der Waals surface area contributed by atoms with Crippen molar-refractivity contribution in [2.24, 2.45) is 0 Å². The maximum Gasteiger partial charge on any atom is 0.227 e. The zero-order valence-electron chi connectivity index (χ0n) is 18.2. The highest BCUT2D eigenvalue weighted by Gasteiger charge is 2.28. The summed E-state index contributed by atoms with van der Waals surface area (Å²) < 4.78 is 0. The summed E-state index contributed by atoms with van der Waals surface area (Å²) in [5.41, 5.74) is 3.82. The molecule has 5 nitrogen and oxygen atoms in total.